The second-order valence-corrected chi connectivity index (χ2v) is 10.5. The highest BCUT2D eigenvalue weighted by Crippen LogP contribution is 2.38. The van der Waals surface area contributed by atoms with Gasteiger partial charge in [-0.1, -0.05) is 43.1 Å². The van der Waals surface area contributed by atoms with E-state index in [0.717, 1.165) is 43.8 Å². The molecule has 6 nitrogen and oxygen atoms in total. The maximum Gasteiger partial charge on any atom is 0.227 e. The second kappa shape index (κ2) is 11.5. The second-order valence-electron chi connectivity index (χ2n) is 10.1. The molecule has 2 aliphatic rings. The maximum absolute atomic E-state index is 13.7. The van der Waals surface area contributed by atoms with Gasteiger partial charge in [0, 0.05) is 38.2 Å². The lowest BCUT2D eigenvalue weighted by Crippen LogP contribution is -2.39. The number of methoxy groups -OCH3 is 1. The van der Waals surface area contributed by atoms with E-state index in [4.69, 9.17) is 25.8 Å². The number of rotatable bonds is 8. The van der Waals surface area contributed by atoms with Crippen LogP contribution in [0, 0.1) is 18.8 Å². The highest BCUT2D eigenvalue weighted by atomic mass is 35.5. The van der Waals surface area contributed by atoms with E-state index >= 15 is 0 Å². The Morgan fingerprint density at radius 2 is 2.03 bits per heavy atom. The Hall–Kier alpha value is -2.44. The standard InChI is InChI=1S/C28H37ClN2O4/c1-19(2)15-31(16-21-13-24(29)27-26(14-21)34-10-5-11-35-27)28(32)22-8-9-30(17-22)18-23-12-20(3)6-7-25(23)33-4/h6-7,12-14,19,22H,5,8-11,15-18H2,1-4H3. The number of hydrogen-bond donors (Lipinski definition) is 0. The molecule has 0 aromatic heterocycles. The van der Waals surface area contributed by atoms with Crippen LogP contribution in [0.3, 0.4) is 0 Å². The van der Waals surface area contributed by atoms with Crippen molar-refractivity contribution in [1.82, 2.24) is 9.80 Å². The van der Waals surface area contributed by atoms with E-state index in [2.05, 4.69) is 37.8 Å². The van der Waals surface area contributed by atoms with E-state index < -0.39 is 0 Å². The van der Waals surface area contributed by atoms with Crippen molar-refractivity contribution < 1.29 is 19.0 Å². The third kappa shape index (κ3) is 6.42. The number of carbonyl (C=O) groups excluding carboxylic acids is 1. The predicted octanol–water partition coefficient (Wildman–Crippen LogP) is 5.33. The van der Waals surface area contributed by atoms with Crippen LogP contribution in [0.25, 0.3) is 0 Å². The summed E-state index contributed by atoms with van der Waals surface area (Å²) in [6, 6.07) is 10.1. The lowest BCUT2D eigenvalue weighted by atomic mass is 10.0. The first-order valence-corrected chi connectivity index (χ1v) is 12.9. The first-order chi connectivity index (χ1) is 16.8. The zero-order valence-electron chi connectivity index (χ0n) is 21.3. The number of benzene rings is 2. The number of hydrogen-bond acceptors (Lipinski definition) is 5. The molecule has 190 valence electrons. The Balaban J connectivity index is 1.46. The average molecular weight is 501 g/mol. The lowest BCUT2D eigenvalue weighted by molar-refractivity contribution is -0.136. The Kier molecular flexibility index (Phi) is 8.45. The molecule has 0 radical (unpaired) electrons. The summed E-state index contributed by atoms with van der Waals surface area (Å²) in [7, 11) is 1.71. The minimum absolute atomic E-state index is 0.0135. The molecular formula is C28H37ClN2O4. The summed E-state index contributed by atoms with van der Waals surface area (Å²) in [6.45, 7) is 11.2. The first kappa shape index (κ1) is 25.6. The van der Waals surface area contributed by atoms with Gasteiger partial charge in [-0.2, -0.15) is 0 Å². The van der Waals surface area contributed by atoms with Gasteiger partial charge in [-0.3, -0.25) is 9.69 Å². The van der Waals surface area contributed by atoms with Crippen LogP contribution in [-0.2, 0) is 17.9 Å². The lowest BCUT2D eigenvalue weighted by Gasteiger charge is -2.28. The van der Waals surface area contributed by atoms with Crippen molar-refractivity contribution in [2.45, 2.75) is 46.7 Å². The van der Waals surface area contributed by atoms with E-state index in [9.17, 15) is 4.79 Å². The molecule has 0 aliphatic carbocycles. The van der Waals surface area contributed by atoms with Gasteiger partial charge in [-0.15, -0.1) is 0 Å². The van der Waals surface area contributed by atoms with Crippen molar-refractivity contribution in [2.75, 3.05) is 40.0 Å². The van der Waals surface area contributed by atoms with Crippen LogP contribution in [0.1, 0.15) is 43.4 Å². The van der Waals surface area contributed by atoms with Crippen molar-refractivity contribution in [3.63, 3.8) is 0 Å². The van der Waals surface area contributed by atoms with E-state index in [-0.39, 0.29) is 11.8 Å². The van der Waals surface area contributed by atoms with Crippen LogP contribution in [0.4, 0.5) is 0 Å². The van der Waals surface area contributed by atoms with Gasteiger partial charge in [-0.25, -0.2) is 0 Å². The number of halogens is 1. The van der Waals surface area contributed by atoms with Crippen molar-refractivity contribution in [3.8, 4) is 17.2 Å². The van der Waals surface area contributed by atoms with Gasteiger partial charge in [0.25, 0.3) is 0 Å². The Morgan fingerprint density at radius 1 is 1.23 bits per heavy atom. The normalized spacial score (nSPS) is 17.9. The van der Waals surface area contributed by atoms with E-state index in [0.29, 0.717) is 48.7 Å². The highest BCUT2D eigenvalue weighted by molar-refractivity contribution is 6.32. The van der Waals surface area contributed by atoms with E-state index in [1.54, 1.807) is 7.11 Å². The topological polar surface area (TPSA) is 51.2 Å². The molecule has 2 aromatic rings. The monoisotopic (exact) mass is 500 g/mol. The summed E-state index contributed by atoms with van der Waals surface area (Å²) >= 11 is 6.52. The Labute approximate surface area is 214 Å². The van der Waals surface area contributed by atoms with Gasteiger partial charge < -0.3 is 19.1 Å². The quantitative estimate of drug-likeness (QED) is 0.490. The number of aryl methyl sites for hydroxylation is 1. The minimum Gasteiger partial charge on any atom is -0.496 e. The number of likely N-dealkylation sites (tertiary alicyclic amines) is 1. The minimum atomic E-state index is -0.0135. The zero-order chi connectivity index (χ0) is 24.9. The van der Waals surface area contributed by atoms with Crippen LogP contribution < -0.4 is 14.2 Å². The van der Waals surface area contributed by atoms with Gasteiger partial charge in [0.05, 0.1) is 31.3 Å². The maximum atomic E-state index is 13.7. The van der Waals surface area contributed by atoms with Crippen molar-refractivity contribution >= 4 is 17.5 Å². The van der Waals surface area contributed by atoms with Crippen LogP contribution >= 0.6 is 11.6 Å². The summed E-state index contributed by atoms with van der Waals surface area (Å²) in [6.07, 6.45) is 1.69. The number of nitrogens with zero attached hydrogens (tertiary/aromatic N) is 2. The van der Waals surface area contributed by atoms with Crippen LogP contribution in [0.2, 0.25) is 5.02 Å². The number of amides is 1. The molecule has 0 saturated carbocycles. The molecular weight excluding hydrogens is 464 g/mol. The SMILES string of the molecule is COc1ccc(C)cc1CN1CCC(C(=O)N(Cc2cc(Cl)c3c(c2)OCCCO3)CC(C)C)C1. The Morgan fingerprint density at radius 3 is 2.80 bits per heavy atom. The molecule has 0 N–H and O–H groups in total. The fourth-order valence-corrected chi connectivity index (χ4v) is 5.26. The average Bonchev–Trinajstić information content (AvgIpc) is 3.14. The fraction of sp³-hybridized carbons (Fsp3) is 0.536. The largest absolute Gasteiger partial charge is 0.496 e. The van der Waals surface area contributed by atoms with Gasteiger partial charge in [0.2, 0.25) is 5.91 Å². The molecule has 0 spiro atoms. The number of ether oxygens (including phenoxy) is 3. The number of fused-ring (bicyclic) bond motifs is 1. The summed E-state index contributed by atoms with van der Waals surface area (Å²) < 4.78 is 17.2. The summed E-state index contributed by atoms with van der Waals surface area (Å²) in [5, 5.41) is 0.537. The summed E-state index contributed by atoms with van der Waals surface area (Å²) in [5.74, 6) is 2.73. The Bertz CT molecular complexity index is 1040. The first-order valence-electron chi connectivity index (χ1n) is 12.6. The summed E-state index contributed by atoms with van der Waals surface area (Å²) in [5.41, 5.74) is 3.35. The molecule has 2 heterocycles. The smallest absolute Gasteiger partial charge is 0.227 e. The van der Waals surface area contributed by atoms with Crippen molar-refractivity contribution in [3.05, 3.63) is 52.0 Å². The van der Waals surface area contributed by atoms with Gasteiger partial charge in [-0.05, 0) is 49.6 Å². The van der Waals surface area contributed by atoms with Crippen molar-refractivity contribution in [1.29, 1.82) is 0 Å². The van der Waals surface area contributed by atoms with Crippen molar-refractivity contribution in [2.24, 2.45) is 11.8 Å². The van der Waals surface area contributed by atoms with Crippen LogP contribution in [0.5, 0.6) is 17.2 Å². The van der Waals surface area contributed by atoms with Gasteiger partial charge in [0.15, 0.2) is 11.5 Å². The van der Waals surface area contributed by atoms with Gasteiger partial charge in [0.1, 0.15) is 5.75 Å². The summed E-state index contributed by atoms with van der Waals surface area (Å²) in [4.78, 5) is 18.0. The molecule has 4 rings (SSSR count). The molecule has 7 heteroatoms. The van der Waals surface area contributed by atoms with Crippen LogP contribution in [0.15, 0.2) is 30.3 Å². The molecule has 1 saturated heterocycles. The predicted molar refractivity (Wildman–Crippen MR) is 138 cm³/mol. The van der Waals surface area contributed by atoms with Crippen LogP contribution in [-0.4, -0.2) is 55.7 Å². The van der Waals surface area contributed by atoms with Gasteiger partial charge >= 0.3 is 0 Å². The molecule has 2 aliphatic heterocycles. The molecule has 1 atom stereocenters. The molecule has 35 heavy (non-hydrogen) atoms. The number of carbonyl (C=O) groups is 1. The fourth-order valence-electron chi connectivity index (χ4n) is 4.98. The molecule has 0 bridgehead atoms. The van der Waals surface area contributed by atoms with E-state index in [1.807, 2.05) is 23.1 Å². The third-order valence-electron chi connectivity index (χ3n) is 6.58. The highest BCUT2D eigenvalue weighted by Gasteiger charge is 2.32. The molecule has 2 aromatic carbocycles. The molecule has 1 fully saturated rings. The zero-order valence-corrected chi connectivity index (χ0v) is 22.1. The molecule has 1 amide bonds. The van der Waals surface area contributed by atoms with E-state index in [1.165, 1.54) is 11.1 Å². The third-order valence-corrected chi connectivity index (χ3v) is 6.86. The molecule has 1 unspecified atom stereocenters.